The smallest absolute Gasteiger partial charge is 0.303 e. The number of carboxylic acids is 1. The van der Waals surface area contributed by atoms with Crippen molar-refractivity contribution in [2.45, 2.75) is 46.6 Å². The fourth-order valence-corrected chi connectivity index (χ4v) is 1.24. The molecular weight excluding hydrogens is 168 g/mol. The van der Waals surface area contributed by atoms with E-state index in [1.807, 2.05) is 20.8 Å². The van der Waals surface area contributed by atoms with E-state index in [1.54, 1.807) is 6.92 Å². The average molecular weight is 188 g/mol. The first-order chi connectivity index (χ1) is 5.72. The highest BCUT2D eigenvalue weighted by Gasteiger charge is 2.22. The SMILES string of the molecule is CC(CC(=O)O)C(O)CC(C)(C)C. The quantitative estimate of drug-likeness (QED) is 0.708. The Morgan fingerprint density at radius 2 is 1.85 bits per heavy atom. The lowest BCUT2D eigenvalue weighted by Crippen LogP contribution is -2.25. The molecule has 0 rings (SSSR count). The van der Waals surface area contributed by atoms with E-state index in [9.17, 15) is 9.90 Å². The molecule has 13 heavy (non-hydrogen) atoms. The van der Waals surface area contributed by atoms with Gasteiger partial charge in [-0.05, 0) is 17.8 Å². The Balaban J connectivity index is 3.96. The minimum Gasteiger partial charge on any atom is -0.481 e. The molecule has 78 valence electrons. The van der Waals surface area contributed by atoms with Gasteiger partial charge in [0.05, 0.1) is 12.5 Å². The Morgan fingerprint density at radius 3 is 2.15 bits per heavy atom. The molecule has 0 fully saturated rings. The number of aliphatic hydroxyl groups excluding tert-OH is 1. The van der Waals surface area contributed by atoms with Gasteiger partial charge in [0, 0.05) is 0 Å². The normalized spacial score (nSPS) is 16.7. The molecule has 0 saturated carbocycles. The van der Waals surface area contributed by atoms with Gasteiger partial charge < -0.3 is 10.2 Å². The minimum absolute atomic E-state index is 0.0389. The Labute approximate surface area is 79.8 Å². The molecule has 2 atom stereocenters. The van der Waals surface area contributed by atoms with Crippen molar-refractivity contribution in [3.05, 3.63) is 0 Å². The van der Waals surface area contributed by atoms with Gasteiger partial charge in [-0.1, -0.05) is 27.7 Å². The summed E-state index contributed by atoms with van der Waals surface area (Å²) in [5, 5.41) is 18.2. The van der Waals surface area contributed by atoms with Gasteiger partial charge >= 0.3 is 5.97 Å². The first-order valence-corrected chi connectivity index (χ1v) is 4.62. The first kappa shape index (κ1) is 12.4. The highest BCUT2D eigenvalue weighted by Crippen LogP contribution is 2.25. The van der Waals surface area contributed by atoms with Gasteiger partial charge in [-0.2, -0.15) is 0 Å². The Morgan fingerprint density at radius 1 is 1.38 bits per heavy atom. The third kappa shape index (κ3) is 6.58. The molecule has 0 heterocycles. The van der Waals surface area contributed by atoms with E-state index >= 15 is 0 Å². The molecule has 0 aliphatic carbocycles. The number of hydrogen-bond acceptors (Lipinski definition) is 2. The van der Waals surface area contributed by atoms with Crippen molar-refractivity contribution < 1.29 is 15.0 Å². The zero-order chi connectivity index (χ0) is 10.6. The Bertz CT molecular complexity index is 169. The molecule has 0 aliphatic heterocycles. The van der Waals surface area contributed by atoms with Crippen LogP contribution in [0.4, 0.5) is 0 Å². The summed E-state index contributed by atoms with van der Waals surface area (Å²) in [6, 6.07) is 0. The maximum absolute atomic E-state index is 10.4. The van der Waals surface area contributed by atoms with Crippen LogP contribution in [0.1, 0.15) is 40.5 Å². The second-order valence-electron chi connectivity index (χ2n) is 4.91. The van der Waals surface area contributed by atoms with Crippen molar-refractivity contribution in [1.82, 2.24) is 0 Å². The fraction of sp³-hybridized carbons (Fsp3) is 0.900. The van der Waals surface area contributed by atoms with E-state index in [-0.39, 0.29) is 17.8 Å². The third-order valence-corrected chi connectivity index (χ3v) is 1.97. The van der Waals surface area contributed by atoms with E-state index in [0.717, 1.165) is 0 Å². The van der Waals surface area contributed by atoms with E-state index in [1.165, 1.54) is 0 Å². The monoisotopic (exact) mass is 188 g/mol. The topological polar surface area (TPSA) is 57.5 Å². The Hall–Kier alpha value is -0.570. The zero-order valence-corrected chi connectivity index (χ0v) is 8.87. The number of carboxylic acid groups (broad SMARTS) is 1. The largest absolute Gasteiger partial charge is 0.481 e. The van der Waals surface area contributed by atoms with Crippen LogP contribution in [0, 0.1) is 11.3 Å². The van der Waals surface area contributed by atoms with Crippen molar-refractivity contribution in [1.29, 1.82) is 0 Å². The number of aliphatic hydroxyl groups is 1. The first-order valence-electron chi connectivity index (χ1n) is 4.62. The van der Waals surface area contributed by atoms with Gasteiger partial charge in [0.1, 0.15) is 0 Å². The maximum Gasteiger partial charge on any atom is 0.303 e. The molecule has 0 saturated heterocycles. The summed E-state index contributed by atoms with van der Waals surface area (Å²) in [7, 11) is 0. The molecule has 3 heteroatoms. The second kappa shape index (κ2) is 4.61. The van der Waals surface area contributed by atoms with Crippen LogP contribution in [0.15, 0.2) is 0 Å². The molecule has 0 bridgehead atoms. The molecule has 0 radical (unpaired) electrons. The van der Waals surface area contributed by atoms with E-state index < -0.39 is 12.1 Å². The summed E-state index contributed by atoms with van der Waals surface area (Å²) in [4.78, 5) is 10.4. The standard InChI is InChI=1S/C10H20O3/c1-7(5-9(12)13)8(11)6-10(2,3)4/h7-8,11H,5-6H2,1-4H3,(H,12,13). The van der Waals surface area contributed by atoms with Gasteiger partial charge in [0.25, 0.3) is 0 Å². The minimum atomic E-state index is -0.847. The van der Waals surface area contributed by atoms with Crippen LogP contribution in [-0.2, 0) is 4.79 Å². The predicted octanol–water partition coefficient (Wildman–Crippen LogP) is 1.89. The van der Waals surface area contributed by atoms with Crippen molar-refractivity contribution in [3.8, 4) is 0 Å². The van der Waals surface area contributed by atoms with Crippen molar-refractivity contribution in [2.75, 3.05) is 0 Å². The van der Waals surface area contributed by atoms with Crippen LogP contribution < -0.4 is 0 Å². The zero-order valence-electron chi connectivity index (χ0n) is 8.87. The fourth-order valence-electron chi connectivity index (χ4n) is 1.24. The summed E-state index contributed by atoms with van der Waals surface area (Å²) < 4.78 is 0. The van der Waals surface area contributed by atoms with Crippen molar-refractivity contribution in [2.24, 2.45) is 11.3 Å². The lowest BCUT2D eigenvalue weighted by Gasteiger charge is -2.25. The molecule has 0 aliphatic rings. The van der Waals surface area contributed by atoms with Gasteiger partial charge in [0.15, 0.2) is 0 Å². The molecule has 2 unspecified atom stereocenters. The summed E-state index contributed by atoms with van der Waals surface area (Å²) in [6.07, 6.45) is 0.162. The van der Waals surface area contributed by atoms with Crippen LogP contribution in [0.2, 0.25) is 0 Å². The molecule has 0 spiro atoms. The van der Waals surface area contributed by atoms with Gasteiger partial charge in [-0.25, -0.2) is 0 Å². The van der Waals surface area contributed by atoms with Gasteiger partial charge in [-0.15, -0.1) is 0 Å². The third-order valence-electron chi connectivity index (χ3n) is 1.97. The predicted molar refractivity (Wildman–Crippen MR) is 51.5 cm³/mol. The molecule has 0 amide bonds. The van der Waals surface area contributed by atoms with Gasteiger partial charge in [-0.3, -0.25) is 4.79 Å². The molecule has 3 nitrogen and oxygen atoms in total. The molecule has 0 aromatic carbocycles. The van der Waals surface area contributed by atoms with E-state index in [4.69, 9.17) is 5.11 Å². The maximum atomic E-state index is 10.4. The molecular formula is C10H20O3. The highest BCUT2D eigenvalue weighted by molar-refractivity contribution is 5.67. The van der Waals surface area contributed by atoms with Crippen LogP contribution >= 0.6 is 0 Å². The molecule has 0 aromatic rings. The lowest BCUT2D eigenvalue weighted by atomic mass is 9.84. The van der Waals surface area contributed by atoms with Crippen LogP contribution in [-0.4, -0.2) is 22.3 Å². The van der Waals surface area contributed by atoms with E-state index in [0.29, 0.717) is 6.42 Å². The summed E-state index contributed by atoms with van der Waals surface area (Å²) in [5.74, 6) is -1.02. The number of carbonyl (C=O) groups is 1. The second-order valence-corrected chi connectivity index (χ2v) is 4.91. The number of aliphatic carboxylic acids is 1. The lowest BCUT2D eigenvalue weighted by molar-refractivity contribution is -0.139. The van der Waals surface area contributed by atoms with Crippen molar-refractivity contribution >= 4 is 5.97 Å². The Kier molecular flexibility index (Phi) is 4.40. The summed E-state index contributed by atoms with van der Waals surface area (Å²) >= 11 is 0. The molecule has 0 aromatic heterocycles. The van der Waals surface area contributed by atoms with Crippen LogP contribution in [0.3, 0.4) is 0 Å². The van der Waals surface area contributed by atoms with Crippen LogP contribution in [0.25, 0.3) is 0 Å². The van der Waals surface area contributed by atoms with E-state index in [2.05, 4.69) is 0 Å². The summed E-state index contributed by atoms with van der Waals surface area (Å²) in [6.45, 7) is 7.86. The van der Waals surface area contributed by atoms with Crippen LogP contribution in [0.5, 0.6) is 0 Å². The van der Waals surface area contributed by atoms with Crippen molar-refractivity contribution in [3.63, 3.8) is 0 Å². The average Bonchev–Trinajstić information content (AvgIpc) is 1.81. The summed E-state index contributed by atoms with van der Waals surface area (Å²) in [5.41, 5.74) is 0.0478. The number of rotatable bonds is 4. The number of hydrogen-bond donors (Lipinski definition) is 2. The molecule has 2 N–H and O–H groups in total. The highest BCUT2D eigenvalue weighted by atomic mass is 16.4. The van der Waals surface area contributed by atoms with Gasteiger partial charge in [0.2, 0.25) is 0 Å².